The number of aryl methyl sites for hydroxylation is 1. The first kappa shape index (κ1) is 56.0. The Morgan fingerprint density at radius 3 is 2.01 bits per heavy atom. The summed E-state index contributed by atoms with van der Waals surface area (Å²) in [7, 11) is 0.994. The second-order valence-electron chi connectivity index (χ2n) is 17.5. The molecule has 72 heavy (non-hydrogen) atoms. The number of aromatic nitrogens is 2. The summed E-state index contributed by atoms with van der Waals surface area (Å²) >= 11 is 0. The van der Waals surface area contributed by atoms with E-state index in [1.54, 1.807) is 44.7 Å². The number of hydrogen-bond donors (Lipinski definition) is 1. The summed E-state index contributed by atoms with van der Waals surface area (Å²) in [5.74, 6) is -3.57. The third kappa shape index (κ3) is 13.6. The SMILES string of the molecule is COc1ccc(C(OC[C@H]2O[C@@H](C3C=Nc4c(ncnc4NC(C)=O)CC3)C(OCOCC(C(F)(F)F)C(F)(F)F)C2OP(OCCC#N)N(C(C)C)C(C)C)(c2ccccc2)c2ccc(OC)cc2)cc1. The largest absolute Gasteiger partial charge is 0.497 e. The number of halogens is 6. The summed E-state index contributed by atoms with van der Waals surface area (Å²) in [6.07, 6.45) is -12.6. The molecular formula is C50H59F6N6O9P. The highest BCUT2D eigenvalue weighted by Gasteiger charge is 2.57. The highest BCUT2D eigenvalue weighted by atomic mass is 31.2. The molecule has 1 aromatic heterocycles. The molecule has 3 aromatic carbocycles. The molecule has 0 bridgehead atoms. The van der Waals surface area contributed by atoms with Crippen LogP contribution >= 0.6 is 8.53 Å². The first-order valence-corrected chi connectivity index (χ1v) is 24.3. The number of fused-ring (bicyclic) bond motifs is 1. The summed E-state index contributed by atoms with van der Waals surface area (Å²) in [6, 6.07) is 25.7. The van der Waals surface area contributed by atoms with Gasteiger partial charge in [-0.1, -0.05) is 54.6 Å². The maximum Gasteiger partial charge on any atom is 0.402 e. The molecule has 22 heteroatoms. The van der Waals surface area contributed by atoms with Crippen LogP contribution in [0, 0.1) is 23.2 Å². The van der Waals surface area contributed by atoms with Crippen molar-refractivity contribution < 1.29 is 68.6 Å². The molecule has 1 saturated heterocycles. The van der Waals surface area contributed by atoms with E-state index >= 15 is 0 Å². The van der Waals surface area contributed by atoms with Crippen LogP contribution in [0.1, 0.15) is 69.8 Å². The van der Waals surface area contributed by atoms with Gasteiger partial charge in [0.15, 0.2) is 11.7 Å². The van der Waals surface area contributed by atoms with Crippen LogP contribution < -0.4 is 14.8 Å². The van der Waals surface area contributed by atoms with Crippen LogP contribution in [0.4, 0.5) is 37.8 Å². The van der Waals surface area contributed by atoms with E-state index in [1.165, 1.54) is 13.3 Å². The molecule has 0 aliphatic carbocycles. The third-order valence-corrected chi connectivity index (χ3v) is 14.1. The van der Waals surface area contributed by atoms with E-state index in [2.05, 4.69) is 21.4 Å². The molecule has 2 aliphatic heterocycles. The molecule has 390 valence electrons. The first-order chi connectivity index (χ1) is 34.3. The van der Waals surface area contributed by atoms with Crippen LogP contribution in [0.15, 0.2) is 90.2 Å². The number of rotatable bonds is 23. The van der Waals surface area contributed by atoms with E-state index in [9.17, 15) is 36.4 Å². The van der Waals surface area contributed by atoms with Crippen molar-refractivity contribution in [3.63, 3.8) is 0 Å². The van der Waals surface area contributed by atoms with Crippen LogP contribution in [0.2, 0.25) is 0 Å². The fourth-order valence-electron chi connectivity index (χ4n) is 8.69. The van der Waals surface area contributed by atoms with E-state index < -0.39 is 82.0 Å². The van der Waals surface area contributed by atoms with Gasteiger partial charge in [-0.3, -0.25) is 9.79 Å². The maximum atomic E-state index is 13.7. The number of carbonyl (C=O) groups excluding carboxylic acids is 1. The Morgan fingerprint density at radius 1 is 0.875 bits per heavy atom. The van der Waals surface area contributed by atoms with Crippen molar-refractivity contribution in [2.24, 2.45) is 16.8 Å². The van der Waals surface area contributed by atoms with E-state index in [0.29, 0.717) is 33.9 Å². The van der Waals surface area contributed by atoms with Crippen molar-refractivity contribution in [1.82, 2.24) is 14.6 Å². The highest BCUT2D eigenvalue weighted by Crippen LogP contribution is 2.51. The van der Waals surface area contributed by atoms with Gasteiger partial charge < -0.3 is 42.8 Å². The van der Waals surface area contributed by atoms with Crippen LogP contribution in [0.25, 0.3) is 0 Å². The average Bonchev–Trinajstić information content (AvgIpc) is 3.51. The molecule has 1 N–H and O–H groups in total. The second-order valence-corrected chi connectivity index (χ2v) is 18.9. The summed E-state index contributed by atoms with van der Waals surface area (Å²) in [6.45, 7) is 5.88. The van der Waals surface area contributed by atoms with E-state index in [4.69, 9.17) is 42.5 Å². The van der Waals surface area contributed by atoms with Crippen LogP contribution in [-0.4, -0.2) is 116 Å². The number of aliphatic imine (C=N–C) groups is 1. The zero-order valence-electron chi connectivity index (χ0n) is 40.9. The summed E-state index contributed by atoms with van der Waals surface area (Å²) < 4.78 is 134. The molecule has 15 nitrogen and oxygen atoms in total. The van der Waals surface area contributed by atoms with Crippen molar-refractivity contribution in [1.29, 1.82) is 5.26 Å². The molecular weight excluding hydrogens is 974 g/mol. The van der Waals surface area contributed by atoms with Gasteiger partial charge in [0.25, 0.3) is 8.53 Å². The predicted octanol–water partition coefficient (Wildman–Crippen LogP) is 10.3. The average molecular weight is 1030 g/mol. The topological polar surface area (TPSA) is 168 Å². The Morgan fingerprint density at radius 2 is 1.47 bits per heavy atom. The minimum atomic E-state index is -5.66. The normalized spacial score (nSPS) is 19.9. The van der Waals surface area contributed by atoms with Gasteiger partial charge in [0, 0.05) is 31.1 Å². The zero-order chi connectivity index (χ0) is 52.2. The zero-order valence-corrected chi connectivity index (χ0v) is 41.7. The third-order valence-electron chi connectivity index (χ3n) is 12.0. The highest BCUT2D eigenvalue weighted by molar-refractivity contribution is 7.44. The van der Waals surface area contributed by atoms with Crippen LogP contribution in [0.5, 0.6) is 11.5 Å². The number of carbonyl (C=O) groups is 1. The van der Waals surface area contributed by atoms with E-state index in [1.807, 2.05) is 87.0 Å². The van der Waals surface area contributed by atoms with Gasteiger partial charge in [-0.05, 0) is 81.5 Å². The molecule has 3 heterocycles. The van der Waals surface area contributed by atoms with Gasteiger partial charge >= 0.3 is 12.4 Å². The van der Waals surface area contributed by atoms with Gasteiger partial charge in [-0.15, -0.1) is 0 Å². The number of ether oxygens (including phenoxy) is 6. The Bertz CT molecular complexity index is 2360. The minimum absolute atomic E-state index is 0.00167. The molecule has 0 spiro atoms. The number of nitrogens with zero attached hydrogens (tertiary/aromatic N) is 5. The number of hydrogen-bond acceptors (Lipinski definition) is 14. The number of nitrogens with one attached hydrogen (secondary N) is 1. The van der Waals surface area contributed by atoms with E-state index in [-0.39, 0.29) is 56.1 Å². The molecule has 1 fully saturated rings. The predicted molar refractivity (Wildman–Crippen MR) is 255 cm³/mol. The van der Waals surface area contributed by atoms with Crippen molar-refractivity contribution >= 4 is 32.2 Å². The monoisotopic (exact) mass is 1030 g/mol. The quantitative estimate of drug-likeness (QED) is 0.0245. The Balaban J connectivity index is 1.50. The number of anilines is 1. The molecule has 1 amide bonds. The van der Waals surface area contributed by atoms with Gasteiger partial charge in [0.05, 0.1) is 58.3 Å². The lowest BCUT2D eigenvalue weighted by Crippen LogP contribution is -2.44. The van der Waals surface area contributed by atoms with E-state index in [0.717, 1.165) is 0 Å². The maximum absolute atomic E-state index is 13.7. The lowest BCUT2D eigenvalue weighted by Gasteiger charge is -2.39. The molecule has 0 radical (unpaired) electrons. The van der Waals surface area contributed by atoms with Crippen LogP contribution in [0.3, 0.4) is 0 Å². The van der Waals surface area contributed by atoms with Gasteiger partial charge in [-0.25, -0.2) is 14.6 Å². The van der Waals surface area contributed by atoms with Crippen LogP contribution in [-0.2, 0) is 44.8 Å². The molecule has 6 rings (SSSR count). The molecule has 4 unspecified atom stereocenters. The number of methoxy groups -OCH3 is 2. The van der Waals surface area contributed by atoms with Crippen molar-refractivity contribution in [2.75, 3.05) is 46.1 Å². The van der Waals surface area contributed by atoms with Gasteiger partial charge in [0.1, 0.15) is 54.2 Å². The number of benzene rings is 3. The number of nitriles is 1. The smallest absolute Gasteiger partial charge is 0.402 e. The van der Waals surface area contributed by atoms with Crippen molar-refractivity contribution in [3.8, 4) is 17.6 Å². The summed E-state index contributed by atoms with van der Waals surface area (Å²) in [5.41, 5.74) is 1.45. The number of amides is 1. The second kappa shape index (κ2) is 25.1. The lowest BCUT2D eigenvalue weighted by molar-refractivity contribution is -0.299. The number of alkyl halides is 6. The molecule has 2 aliphatic rings. The molecule has 0 saturated carbocycles. The van der Waals surface area contributed by atoms with Gasteiger partial charge in [-0.2, -0.15) is 31.6 Å². The van der Waals surface area contributed by atoms with Gasteiger partial charge in [0.2, 0.25) is 5.91 Å². The summed E-state index contributed by atoms with van der Waals surface area (Å²) in [4.78, 5) is 25.5. The Hall–Kier alpha value is -5.30. The minimum Gasteiger partial charge on any atom is -0.497 e. The Kier molecular flexibility index (Phi) is 19.5. The fraction of sp³-hybridized carbons (Fsp3) is 0.500. The molecule has 6 atom stereocenters. The Labute approximate surface area is 416 Å². The first-order valence-electron chi connectivity index (χ1n) is 23.2. The lowest BCUT2D eigenvalue weighted by atomic mass is 9.80. The molecule has 4 aromatic rings. The fourth-order valence-corrected chi connectivity index (χ4v) is 10.5. The summed E-state index contributed by atoms with van der Waals surface area (Å²) in [5, 5.41) is 12.2. The standard InChI is InChI=1S/C50H59F6N6O9P/c1-31(2)62(32(3)4)72(69-25-11-24-57)71-45-41(27-68-48(35-12-9-8-10-13-35,36-15-19-38(64-6)20-16-36)37-17-21-39(65-7)22-18-37)70-44(46(45)67-30-66-28-42(49(51,52)53)50(54,55)56)34-14-23-40-43(58-26-34)47(60-29-59-40)61-33(5)63/h8-10,12-13,15-22,26,29,31-32,34,41-42,44-46H,11,14,23,25,27-28,30H2,1-7H3,(H,59,60,61,63)/t34?,41-,44+,45?,46?,72?/m1/s1. The van der Waals surface area contributed by atoms with Crippen molar-refractivity contribution in [2.45, 2.75) is 108 Å². The van der Waals surface area contributed by atoms with Crippen molar-refractivity contribution in [3.05, 3.63) is 108 Å².